The second-order valence-electron chi connectivity index (χ2n) is 7.03. The number of halogens is 1. The molecule has 1 aliphatic rings. The average Bonchev–Trinajstić information content (AvgIpc) is 3.44. The van der Waals surface area contributed by atoms with Crippen molar-refractivity contribution in [3.05, 3.63) is 82.1 Å². The van der Waals surface area contributed by atoms with E-state index in [1.54, 1.807) is 23.0 Å². The second kappa shape index (κ2) is 8.61. The fraction of sp³-hybridized carbons (Fsp3) is 0.227. The molecule has 2 heterocycles. The SMILES string of the molecule is O=C(NCc1cccc(C(=O)N2CCCC2)c1)c1ccc(-n2cc(Br)cn2)cc1. The van der Waals surface area contributed by atoms with Crippen LogP contribution in [0.1, 0.15) is 39.1 Å². The van der Waals surface area contributed by atoms with E-state index in [4.69, 9.17) is 0 Å². The summed E-state index contributed by atoms with van der Waals surface area (Å²) in [5.41, 5.74) is 3.03. The Morgan fingerprint density at radius 3 is 2.48 bits per heavy atom. The minimum atomic E-state index is -0.158. The highest BCUT2D eigenvalue weighted by Gasteiger charge is 2.19. The zero-order valence-corrected chi connectivity index (χ0v) is 17.4. The number of benzene rings is 2. The van der Waals surface area contributed by atoms with E-state index in [-0.39, 0.29) is 11.8 Å². The minimum Gasteiger partial charge on any atom is -0.348 e. The van der Waals surface area contributed by atoms with Crippen molar-refractivity contribution in [2.75, 3.05) is 13.1 Å². The van der Waals surface area contributed by atoms with Crippen LogP contribution in [-0.4, -0.2) is 39.6 Å². The van der Waals surface area contributed by atoms with Crippen LogP contribution in [0.15, 0.2) is 65.4 Å². The molecule has 2 amide bonds. The van der Waals surface area contributed by atoms with E-state index in [9.17, 15) is 9.59 Å². The first-order valence-corrected chi connectivity index (χ1v) is 10.4. The summed E-state index contributed by atoms with van der Waals surface area (Å²) >= 11 is 3.37. The molecule has 0 radical (unpaired) electrons. The first-order valence-electron chi connectivity index (χ1n) is 9.57. The minimum absolute atomic E-state index is 0.0662. The standard InChI is InChI=1S/C22H21BrN4O2/c23-19-14-25-27(15-19)20-8-6-17(7-9-20)21(28)24-13-16-4-3-5-18(12-16)22(29)26-10-1-2-11-26/h3-9,12,14-15H,1-2,10-11,13H2,(H,24,28). The van der Waals surface area contributed by atoms with Crippen LogP contribution in [0.3, 0.4) is 0 Å². The van der Waals surface area contributed by atoms with Crippen LogP contribution in [0.2, 0.25) is 0 Å². The summed E-state index contributed by atoms with van der Waals surface area (Å²) in [6.45, 7) is 2.02. The highest BCUT2D eigenvalue weighted by atomic mass is 79.9. The molecule has 0 aliphatic carbocycles. The Bertz CT molecular complexity index is 1020. The Morgan fingerprint density at radius 2 is 1.79 bits per heavy atom. The van der Waals surface area contributed by atoms with E-state index in [0.29, 0.717) is 17.7 Å². The quantitative estimate of drug-likeness (QED) is 0.639. The van der Waals surface area contributed by atoms with Crippen molar-refractivity contribution in [1.29, 1.82) is 0 Å². The Balaban J connectivity index is 1.38. The number of nitrogens with zero attached hydrogens (tertiary/aromatic N) is 3. The van der Waals surface area contributed by atoms with Crippen molar-refractivity contribution in [3.63, 3.8) is 0 Å². The first kappa shape index (κ1) is 19.4. The highest BCUT2D eigenvalue weighted by molar-refractivity contribution is 9.10. The van der Waals surface area contributed by atoms with E-state index in [1.165, 1.54) is 0 Å². The predicted molar refractivity (Wildman–Crippen MR) is 114 cm³/mol. The molecule has 6 nitrogen and oxygen atoms in total. The normalized spacial score (nSPS) is 13.5. The first-order chi connectivity index (χ1) is 14.1. The van der Waals surface area contributed by atoms with Gasteiger partial charge in [-0.3, -0.25) is 9.59 Å². The van der Waals surface area contributed by atoms with Gasteiger partial charge in [-0.15, -0.1) is 0 Å². The number of hydrogen-bond donors (Lipinski definition) is 1. The Hall–Kier alpha value is -2.93. The molecule has 7 heteroatoms. The third kappa shape index (κ3) is 4.56. The lowest BCUT2D eigenvalue weighted by Crippen LogP contribution is -2.28. The van der Waals surface area contributed by atoms with Gasteiger partial charge in [0.1, 0.15) is 0 Å². The molecule has 148 valence electrons. The van der Waals surface area contributed by atoms with Crippen LogP contribution in [-0.2, 0) is 6.54 Å². The third-order valence-electron chi connectivity index (χ3n) is 4.97. The molecule has 1 saturated heterocycles. The molecule has 2 aromatic carbocycles. The monoisotopic (exact) mass is 452 g/mol. The smallest absolute Gasteiger partial charge is 0.253 e. The summed E-state index contributed by atoms with van der Waals surface area (Å²) in [6.07, 6.45) is 5.70. The molecule has 29 heavy (non-hydrogen) atoms. The van der Waals surface area contributed by atoms with Crippen molar-refractivity contribution in [2.45, 2.75) is 19.4 Å². The Morgan fingerprint density at radius 1 is 1.03 bits per heavy atom. The molecule has 0 saturated carbocycles. The molecule has 1 fully saturated rings. The fourth-order valence-electron chi connectivity index (χ4n) is 3.41. The second-order valence-corrected chi connectivity index (χ2v) is 7.95. The van der Waals surface area contributed by atoms with E-state index < -0.39 is 0 Å². The summed E-state index contributed by atoms with van der Waals surface area (Å²) in [6, 6.07) is 14.7. The lowest BCUT2D eigenvalue weighted by Gasteiger charge is -2.15. The van der Waals surface area contributed by atoms with Crippen molar-refractivity contribution < 1.29 is 9.59 Å². The van der Waals surface area contributed by atoms with Crippen molar-refractivity contribution >= 4 is 27.7 Å². The van der Waals surface area contributed by atoms with Crippen molar-refractivity contribution in [2.24, 2.45) is 0 Å². The van der Waals surface area contributed by atoms with Gasteiger partial charge < -0.3 is 10.2 Å². The zero-order valence-electron chi connectivity index (χ0n) is 15.8. The van der Waals surface area contributed by atoms with Gasteiger partial charge in [-0.2, -0.15) is 5.10 Å². The summed E-state index contributed by atoms with van der Waals surface area (Å²) in [5, 5.41) is 7.15. The average molecular weight is 453 g/mol. The maximum atomic E-state index is 12.5. The Labute approximate surface area is 177 Å². The van der Waals surface area contributed by atoms with Gasteiger partial charge in [0.2, 0.25) is 0 Å². The molecule has 1 N–H and O–H groups in total. The lowest BCUT2D eigenvalue weighted by atomic mass is 10.1. The topological polar surface area (TPSA) is 67.2 Å². The van der Waals surface area contributed by atoms with E-state index in [2.05, 4.69) is 26.3 Å². The van der Waals surface area contributed by atoms with Gasteiger partial charge in [-0.1, -0.05) is 12.1 Å². The van der Waals surface area contributed by atoms with E-state index in [0.717, 1.165) is 41.7 Å². The van der Waals surface area contributed by atoms with Gasteiger partial charge in [0.15, 0.2) is 0 Å². The number of carbonyl (C=O) groups excluding carboxylic acids is 2. The number of likely N-dealkylation sites (tertiary alicyclic amines) is 1. The largest absolute Gasteiger partial charge is 0.348 e. The molecule has 3 aromatic rings. The predicted octanol–water partition coefficient (Wildman–Crippen LogP) is 3.80. The number of hydrogen-bond acceptors (Lipinski definition) is 3. The number of carbonyl (C=O) groups is 2. The van der Waals surface area contributed by atoms with Gasteiger partial charge in [-0.05, 0) is 70.7 Å². The number of aromatic nitrogens is 2. The molecule has 0 unspecified atom stereocenters. The van der Waals surface area contributed by atoms with Crippen molar-refractivity contribution in [1.82, 2.24) is 20.0 Å². The van der Waals surface area contributed by atoms with Gasteiger partial charge in [-0.25, -0.2) is 4.68 Å². The van der Waals surface area contributed by atoms with Crippen molar-refractivity contribution in [3.8, 4) is 5.69 Å². The molecule has 1 aliphatic heterocycles. The molecule has 0 bridgehead atoms. The lowest BCUT2D eigenvalue weighted by molar-refractivity contribution is 0.0792. The summed E-state index contributed by atoms with van der Waals surface area (Å²) in [5.74, 6) is -0.0917. The zero-order chi connectivity index (χ0) is 20.2. The molecule has 1 aromatic heterocycles. The van der Waals surface area contributed by atoms with Gasteiger partial charge >= 0.3 is 0 Å². The van der Waals surface area contributed by atoms with Crippen LogP contribution >= 0.6 is 15.9 Å². The molecule has 4 rings (SSSR count). The van der Waals surface area contributed by atoms with Gasteiger partial charge in [0.25, 0.3) is 11.8 Å². The summed E-state index contributed by atoms with van der Waals surface area (Å²) in [7, 11) is 0. The third-order valence-corrected chi connectivity index (χ3v) is 5.37. The van der Waals surface area contributed by atoms with Crippen LogP contribution in [0, 0.1) is 0 Å². The molecular formula is C22H21BrN4O2. The van der Waals surface area contributed by atoms with Crippen LogP contribution < -0.4 is 5.32 Å². The van der Waals surface area contributed by atoms with Crippen LogP contribution in [0.5, 0.6) is 0 Å². The molecule has 0 atom stereocenters. The Kier molecular flexibility index (Phi) is 5.76. The van der Waals surface area contributed by atoms with Crippen LogP contribution in [0.25, 0.3) is 5.69 Å². The number of amides is 2. The molecular weight excluding hydrogens is 432 g/mol. The van der Waals surface area contributed by atoms with Crippen LogP contribution in [0.4, 0.5) is 0 Å². The number of nitrogens with one attached hydrogen (secondary N) is 1. The summed E-state index contributed by atoms with van der Waals surface area (Å²) in [4.78, 5) is 26.9. The maximum Gasteiger partial charge on any atom is 0.253 e. The highest BCUT2D eigenvalue weighted by Crippen LogP contribution is 2.15. The number of rotatable bonds is 5. The van der Waals surface area contributed by atoms with E-state index >= 15 is 0 Å². The maximum absolute atomic E-state index is 12.5. The fourth-order valence-corrected chi connectivity index (χ4v) is 3.69. The van der Waals surface area contributed by atoms with Gasteiger partial charge in [0, 0.05) is 37.0 Å². The van der Waals surface area contributed by atoms with E-state index in [1.807, 2.05) is 47.5 Å². The summed E-state index contributed by atoms with van der Waals surface area (Å²) < 4.78 is 2.62. The van der Waals surface area contributed by atoms with Gasteiger partial charge in [0.05, 0.1) is 16.4 Å². The molecule has 0 spiro atoms.